The van der Waals surface area contributed by atoms with E-state index in [-0.39, 0.29) is 6.04 Å². The lowest BCUT2D eigenvalue weighted by atomic mass is 10.0. The highest BCUT2D eigenvalue weighted by Gasteiger charge is 2.19. The summed E-state index contributed by atoms with van der Waals surface area (Å²) in [5, 5.41) is 4.84. The molecule has 17 heavy (non-hydrogen) atoms. The van der Waals surface area contributed by atoms with Crippen molar-refractivity contribution in [3.8, 4) is 0 Å². The van der Waals surface area contributed by atoms with Gasteiger partial charge in [0, 0.05) is 5.02 Å². The first-order valence-corrected chi connectivity index (χ1v) is 6.58. The monoisotopic (exact) mass is 267 g/mol. The average molecular weight is 268 g/mol. The van der Waals surface area contributed by atoms with Crippen molar-refractivity contribution in [1.82, 2.24) is 9.59 Å². The zero-order chi connectivity index (χ0) is 12.4. The second-order valence-electron chi connectivity index (χ2n) is 4.21. The quantitative estimate of drug-likeness (QED) is 0.928. The first-order chi connectivity index (χ1) is 8.09. The smallest absolute Gasteiger partial charge is 0.0832 e. The third-order valence-corrected chi connectivity index (χ3v) is 3.64. The van der Waals surface area contributed by atoms with E-state index in [1.165, 1.54) is 11.5 Å². The summed E-state index contributed by atoms with van der Waals surface area (Å²) >= 11 is 7.33. The zero-order valence-electron chi connectivity index (χ0n) is 9.72. The molecule has 90 valence electrons. The van der Waals surface area contributed by atoms with Crippen LogP contribution in [0.4, 0.5) is 0 Å². The van der Waals surface area contributed by atoms with E-state index in [1.54, 1.807) is 0 Å². The average Bonchev–Trinajstić information content (AvgIpc) is 2.77. The molecule has 0 saturated heterocycles. The van der Waals surface area contributed by atoms with E-state index in [0.717, 1.165) is 16.1 Å². The first-order valence-electron chi connectivity index (χ1n) is 5.42. The van der Waals surface area contributed by atoms with E-state index in [1.807, 2.05) is 24.3 Å². The van der Waals surface area contributed by atoms with Crippen molar-refractivity contribution in [3.05, 3.63) is 45.4 Å². The molecule has 0 amide bonds. The molecule has 5 heteroatoms. The Hall–Kier alpha value is -0.970. The van der Waals surface area contributed by atoms with E-state index in [9.17, 15) is 0 Å². The molecule has 0 fully saturated rings. The fourth-order valence-corrected chi connectivity index (χ4v) is 2.71. The molecule has 0 radical (unpaired) electrons. The second kappa shape index (κ2) is 5.12. The molecule has 2 aromatic rings. The summed E-state index contributed by atoms with van der Waals surface area (Å²) in [6.07, 6.45) is 0. The SMILES string of the molecule is CC(C)c1nnsc1C(N)c1cccc(Cl)c1. The van der Waals surface area contributed by atoms with Crippen molar-refractivity contribution in [3.63, 3.8) is 0 Å². The molecule has 0 spiro atoms. The second-order valence-corrected chi connectivity index (χ2v) is 5.43. The van der Waals surface area contributed by atoms with Gasteiger partial charge in [0.15, 0.2) is 0 Å². The third kappa shape index (κ3) is 2.65. The summed E-state index contributed by atoms with van der Waals surface area (Å²) in [5.74, 6) is 0.328. The minimum atomic E-state index is -0.203. The molecule has 1 heterocycles. The van der Waals surface area contributed by atoms with Gasteiger partial charge in [-0.3, -0.25) is 0 Å². The molecule has 1 aromatic carbocycles. The van der Waals surface area contributed by atoms with Crippen molar-refractivity contribution >= 4 is 23.1 Å². The van der Waals surface area contributed by atoms with E-state index in [4.69, 9.17) is 17.3 Å². The largest absolute Gasteiger partial charge is 0.319 e. The van der Waals surface area contributed by atoms with Crippen LogP contribution in [0.15, 0.2) is 24.3 Å². The standard InChI is InChI=1S/C12H14ClN3S/c1-7(2)11-12(17-16-15-11)10(14)8-4-3-5-9(13)6-8/h3-7,10H,14H2,1-2H3. The maximum absolute atomic E-state index is 6.24. The Morgan fingerprint density at radius 1 is 1.35 bits per heavy atom. The van der Waals surface area contributed by atoms with E-state index in [0.29, 0.717) is 10.9 Å². The Kier molecular flexibility index (Phi) is 3.76. The van der Waals surface area contributed by atoms with Crippen LogP contribution in [0, 0.1) is 0 Å². The molecule has 1 aromatic heterocycles. The number of benzene rings is 1. The zero-order valence-corrected chi connectivity index (χ0v) is 11.3. The summed E-state index contributed by atoms with van der Waals surface area (Å²) < 4.78 is 3.99. The van der Waals surface area contributed by atoms with E-state index < -0.39 is 0 Å². The first kappa shape index (κ1) is 12.5. The van der Waals surface area contributed by atoms with Gasteiger partial charge in [0.25, 0.3) is 0 Å². The number of halogens is 1. The van der Waals surface area contributed by atoms with E-state index >= 15 is 0 Å². The molecule has 0 bridgehead atoms. The van der Waals surface area contributed by atoms with Crippen LogP contribution in [0.3, 0.4) is 0 Å². The van der Waals surface area contributed by atoms with Gasteiger partial charge >= 0.3 is 0 Å². The maximum atomic E-state index is 6.24. The predicted octanol–water partition coefficient (Wildman–Crippen LogP) is 3.36. The van der Waals surface area contributed by atoms with Crippen LogP contribution < -0.4 is 5.73 Å². The van der Waals surface area contributed by atoms with Gasteiger partial charge in [0.1, 0.15) is 0 Å². The van der Waals surface area contributed by atoms with Gasteiger partial charge in [-0.25, -0.2) is 0 Å². The molecule has 2 N–H and O–H groups in total. The third-order valence-electron chi connectivity index (χ3n) is 2.58. The van der Waals surface area contributed by atoms with Crippen molar-refractivity contribution in [2.45, 2.75) is 25.8 Å². The van der Waals surface area contributed by atoms with Crippen molar-refractivity contribution in [1.29, 1.82) is 0 Å². The number of hydrogen-bond donors (Lipinski definition) is 1. The highest BCUT2D eigenvalue weighted by molar-refractivity contribution is 7.05. The van der Waals surface area contributed by atoms with Gasteiger partial charge < -0.3 is 5.73 Å². The summed E-state index contributed by atoms with van der Waals surface area (Å²) in [7, 11) is 0. The Labute approximate surface area is 110 Å². The molecule has 2 rings (SSSR count). The minimum absolute atomic E-state index is 0.203. The number of nitrogens with two attached hydrogens (primary N) is 1. The number of rotatable bonds is 3. The number of nitrogens with zero attached hydrogens (tertiary/aromatic N) is 2. The molecule has 1 atom stereocenters. The van der Waals surface area contributed by atoms with Crippen LogP contribution in [-0.2, 0) is 0 Å². The molecule has 3 nitrogen and oxygen atoms in total. The van der Waals surface area contributed by atoms with Crippen molar-refractivity contribution in [2.75, 3.05) is 0 Å². The van der Waals surface area contributed by atoms with Gasteiger partial charge in [-0.1, -0.05) is 42.1 Å². The van der Waals surface area contributed by atoms with Gasteiger partial charge in [0.2, 0.25) is 0 Å². The molecule has 0 aliphatic carbocycles. The Morgan fingerprint density at radius 3 is 2.76 bits per heavy atom. The van der Waals surface area contributed by atoms with Crippen LogP contribution in [0.25, 0.3) is 0 Å². The number of hydrogen-bond acceptors (Lipinski definition) is 4. The summed E-state index contributed by atoms with van der Waals surface area (Å²) in [6, 6.07) is 7.40. The lowest BCUT2D eigenvalue weighted by Crippen LogP contribution is -2.12. The van der Waals surface area contributed by atoms with Crippen LogP contribution in [0.1, 0.15) is 41.9 Å². The predicted molar refractivity (Wildman–Crippen MR) is 71.5 cm³/mol. The lowest BCUT2D eigenvalue weighted by Gasteiger charge is -2.12. The summed E-state index contributed by atoms with van der Waals surface area (Å²) in [6.45, 7) is 4.18. The van der Waals surface area contributed by atoms with Gasteiger partial charge in [-0.05, 0) is 35.1 Å². The van der Waals surface area contributed by atoms with Crippen LogP contribution in [0.2, 0.25) is 5.02 Å². The lowest BCUT2D eigenvalue weighted by molar-refractivity contribution is 0.771. The molecular formula is C12H14ClN3S. The van der Waals surface area contributed by atoms with Gasteiger partial charge in [-0.15, -0.1) is 5.10 Å². The minimum Gasteiger partial charge on any atom is -0.319 e. The fourth-order valence-electron chi connectivity index (χ4n) is 1.67. The topological polar surface area (TPSA) is 51.8 Å². The van der Waals surface area contributed by atoms with Gasteiger partial charge in [0.05, 0.1) is 16.6 Å². The fraction of sp³-hybridized carbons (Fsp3) is 0.333. The Balaban J connectivity index is 2.37. The van der Waals surface area contributed by atoms with Crippen LogP contribution in [-0.4, -0.2) is 9.59 Å². The normalized spacial score (nSPS) is 13.0. The van der Waals surface area contributed by atoms with Gasteiger partial charge in [-0.2, -0.15) is 0 Å². The molecule has 0 aliphatic heterocycles. The molecular weight excluding hydrogens is 254 g/mol. The Bertz CT molecular complexity index is 510. The highest BCUT2D eigenvalue weighted by atomic mass is 35.5. The van der Waals surface area contributed by atoms with Crippen LogP contribution in [0.5, 0.6) is 0 Å². The molecule has 0 saturated carbocycles. The highest BCUT2D eigenvalue weighted by Crippen LogP contribution is 2.29. The van der Waals surface area contributed by atoms with Crippen LogP contribution >= 0.6 is 23.1 Å². The maximum Gasteiger partial charge on any atom is 0.0832 e. The van der Waals surface area contributed by atoms with Crippen molar-refractivity contribution < 1.29 is 0 Å². The Morgan fingerprint density at radius 2 is 2.12 bits per heavy atom. The molecule has 1 unspecified atom stereocenters. The summed E-state index contributed by atoms with van der Waals surface area (Å²) in [4.78, 5) is 1.02. The summed E-state index contributed by atoms with van der Waals surface area (Å²) in [5.41, 5.74) is 8.21. The molecule has 0 aliphatic rings. The number of aromatic nitrogens is 2. The van der Waals surface area contributed by atoms with E-state index in [2.05, 4.69) is 23.4 Å². The van der Waals surface area contributed by atoms with Crippen molar-refractivity contribution in [2.24, 2.45) is 5.73 Å².